The van der Waals surface area contributed by atoms with Gasteiger partial charge in [0.2, 0.25) is 5.95 Å². The number of amides is 1. The Hall–Kier alpha value is -2.70. The fourth-order valence-corrected chi connectivity index (χ4v) is 3.49. The summed E-state index contributed by atoms with van der Waals surface area (Å²) in [4.78, 5) is 23.5. The Labute approximate surface area is 140 Å². The van der Waals surface area contributed by atoms with Crippen molar-refractivity contribution in [2.45, 2.75) is 32.2 Å². The van der Waals surface area contributed by atoms with Crippen molar-refractivity contribution < 1.29 is 4.79 Å². The molecule has 2 aliphatic rings. The summed E-state index contributed by atoms with van der Waals surface area (Å²) in [6.07, 6.45) is 8.33. The maximum absolute atomic E-state index is 13.2. The summed E-state index contributed by atoms with van der Waals surface area (Å²) in [6.45, 7) is 3.58. The third-order valence-electron chi connectivity index (χ3n) is 4.69. The minimum atomic E-state index is -0.277. The monoisotopic (exact) mass is 324 g/mol. The second-order valence-electron chi connectivity index (χ2n) is 6.23. The molecule has 7 nitrogen and oxygen atoms in total. The summed E-state index contributed by atoms with van der Waals surface area (Å²) in [5.74, 6) is 0.743. The Bertz CT molecular complexity index is 775. The largest absolute Gasteiger partial charge is 0.339 e. The molecule has 7 heteroatoms. The molecular weight excluding hydrogens is 304 g/mol. The summed E-state index contributed by atoms with van der Waals surface area (Å²) >= 11 is 0. The van der Waals surface area contributed by atoms with Crippen LogP contribution in [0.1, 0.15) is 37.8 Å². The van der Waals surface area contributed by atoms with E-state index in [1.165, 1.54) is 12.7 Å². The summed E-state index contributed by atoms with van der Waals surface area (Å²) in [7, 11) is 0. The maximum atomic E-state index is 13.2. The number of pyridine rings is 1. The molecule has 4 heterocycles. The smallest absolute Gasteiger partial charge is 0.254 e. The SMILES string of the molecule is CC1=C(C(=O)N2CCCCC2)[C@@H](c2ccncc2)n2ncnc2N1. The van der Waals surface area contributed by atoms with Crippen molar-refractivity contribution in [3.63, 3.8) is 0 Å². The fraction of sp³-hybridized carbons (Fsp3) is 0.412. The van der Waals surface area contributed by atoms with Crippen LogP contribution in [-0.2, 0) is 4.79 Å². The van der Waals surface area contributed by atoms with Crippen LogP contribution in [-0.4, -0.2) is 43.6 Å². The van der Waals surface area contributed by atoms with Crippen LogP contribution in [0.15, 0.2) is 42.1 Å². The van der Waals surface area contributed by atoms with Crippen molar-refractivity contribution >= 4 is 11.9 Å². The molecule has 2 aromatic rings. The van der Waals surface area contributed by atoms with Gasteiger partial charge in [-0.1, -0.05) is 0 Å². The first-order valence-electron chi connectivity index (χ1n) is 8.32. The van der Waals surface area contributed by atoms with E-state index in [-0.39, 0.29) is 11.9 Å². The molecule has 0 bridgehead atoms. The lowest BCUT2D eigenvalue weighted by atomic mass is 9.94. The normalized spacial score (nSPS) is 20.5. The first kappa shape index (κ1) is 14.9. The number of carbonyl (C=O) groups is 1. The molecular formula is C17H20N6O. The standard InChI is InChI=1S/C17H20N6O/c1-12-14(16(24)22-9-3-2-4-10-22)15(13-5-7-18-8-6-13)23-17(21-12)19-11-20-23/h5-8,11,15H,2-4,9-10H2,1H3,(H,19,20,21)/t15-/m1/s1. The number of piperidine rings is 1. The highest BCUT2D eigenvalue weighted by Gasteiger charge is 2.35. The van der Waals surface area contributed by atoms with E-state index < -0.39 is 0 Å². The van der Waals surface area contributed by atoms with Gasteiger partial charge in [0.25, 0.3) is 5.91 Å². The number of hydrogen-bond donors (Lipinski definition) is 1. The van der Waals surface area contributed by atoms with Crippen LogP contribution in [0.4, 0.5) is 5.95 Å². The highest BCUT2D eigenvalue weighted by Crippen LogP contribution is 2.35. The molecule has 1 atom stereocenters. The van der Waals surface area contributed by atoms with Crippen LogP contribution >= 0.6 is 0 Å². The molecule has 24 heavy (non-hydrogen) atoms. The van der Waals surface area contributed by atoms with Crippen LogP contribution in [0.5, 0.6) is 0 Å². The molecule has 0 spiro atoms. The predicted molar refractivity (Wildman–Crippen MR) is 89.2 cm³/mol. The average Bonchev–Trinajstić information content (AvgIpc) is 3.09. The first-order valence-corrected chi connectivity index (χ1v) is 8.32. The van der Waals surface area contributed by atoms with Gasteiger partial charge in [-0.25, -0.2) is 4.68 Å². The van der Waals surface area contributed by atoms with E-state index in [1.54, 1.807) is 17.1 Å². The molecule has 2 aliphatic heterocycles. The lowest BCUT2D eigenvalue weighted by Gasteiger charge is -2.33. The quantitative estimate of drug-likeness (QED) is 0.914. The minimum Gasteiger partial charge on any atom is -0.339 e. The average molecular weight is 324 g/mol. The summed E-state index contributed by atoms with van der Waals surface area (Å²) in [6, 6.07) is 3.58. The molecule has 2 aromatic heterocycles. The molecule has 0 unspecified atom stereocenters. The minimum absolute atomic E-state index is 0.0858. The van der Waals surface area contributed by atoms with Crippen molar-refractivity contribution in [1.82, 2.24) is 24.6 Å². The summed E-state index contributed by atoms with van der Waals surface area (Å²) in [5.41, 5.74) is 2.56. The van der Waals surface area contributed by atoms with Crippen LogP contribution in [0.2, 0.25) is 0 Å². The number of nitrogens with zero attached hydrogens (tertiary/aromatic N) is 5. The number of likely N-dealkylation sites (tertiary alicyclic amines) is 1. The summed E-state index contributed by atoms with van der Waals surface area (Å²) in [5, 5.41) is 7.56. The highest BCUT2D eigenvalue weighted by molar-refractivity contribution is 5.96. The van der Waals surface area contributed by atoms with Gasteiger partial charge in [-0.15, -0.1) is 0 Å². The topological polar surface area (TPSA) is 75.9 Å². The lowest BCUT2D eigenvalue weighted by Crippen LogP contribution is -2.41. The van der Waals surface area contributed by atoms with Gasteiger partial charge in [0.05, 0.1) is 5.57 Å². The van der Waals surface area contributed by atoms with Crippen LogP contribution in [0.3, 0.4) is 0 Å². The second-order valence-corrected chi connectivity index (χ2v) is 6.23. The Morgan fingerprint density at radius 2 is 1.96 bits per heavy atom. The molecule has 0 aromatic carbocycles. The second kappa shape index (κ2) is 6.07. The van der Waals surface area contributed by atoms with E-state index in [9.17, 15) is 4.79 Å². The Kier molecular flexibility index (Phi) is 3.76. The van der Waals surface area contributed by atoms with E-state index in [0.717, 1.165) is 42.8 Å². The zero-order valence-electron chi connectivity index (χ0n) is 13.6. The molecule has 1 fully saturated rings. The number of rotatable bonds is 2. The predicted octanol–water partition coefficient (Wildman–Crippen LogP) is 1.97. The van der Waals surface area contributed by atoms with Gasteiger partial charge in [-0.3, -0.25) is 9.78 Å². The van der Waals surface area contributed by atoms with Crippen molar-refractivity contribution in [2.75, 3.05) is 18.4 Å². The van der Waals surface area contributed by atoms with E-state index in [0.29, 0.717) is 5.95 Å². The number of aromatic nitrogens is 4. The Balaban J connectivity index is 1.78. The van der Waals surface area contributed by atoms with E-state index in [2.05, 4.69) is 20.4 Å². The third kappa shape index (κ3) is 2.46. The molecule has 4 rings (SSSR count). The Morgan fingerprint density at radius 1 is 1.21 bits per heavy atom. The molecule has 0 aliphatic carbocycles. The third-order valence-corrected chi connectivity index (χ3v) is 4.69. The maximum Gasteiger partial charge on any atom is 0.254 e. The zero-order valence-corrected chi connectivity index (χ0v) is 13.6. The van der Waals surface area contributed by atoms with Crippen LogP contribution in [0, 0.1) is 0 Å². The van der Waals surface area contributed by atoms with E-state index in [4.69, 9.17) is 0 Å². The van der Waals surface area contributed by atoms with Gasteiger partial charge < -0.3 is 10.2 Å². The van der Waals surface area contributed by atoms with E-state index >= 15 is 0 Å². The van der Waals surface area contributed by atoms with Crippen molar-refractivity contribution in [3.05, 3.63) is 47.7 Å². The molecule has 1 saturated heterocycles. The van der Waals surface area contributed by atoms with Gasteiger partial charge >= 0.3 is 0 Å². The number of carbonyl (C=O) groups excluding carboxylic acids is 1. The van der Waals surface area contributed by atoms with Gasteiger partial charge in [0.1, 0.15) is 12.4 Å². The molecule has 1 N–H and O–H groups in total. The first-order chi connectivity index (χ1) is 11.8. The molecule has 1 amide bonds. The highest BCUT2D eigenvalue weighted by atomic mass is 16.2. The van der Waals surface area contributed by atoms with Crippen molar-refractivity contribution in [2.24, 2.45) is 0 Å². The molecule has 0 radical (unpaired) electrons. The molecule has 0 saturated carbocycles. The Morgan fingerprint density at radius 3 is 2.71 bits per heavy atom. The van der Waals surface area contributed by atoms with Crippen molar-refractivity contribution in [3.8, 4) is 0 Å². The van der Waals surface area contributed by atoms with Gasteiger partial charge in [0.15, 0.2) is 0 Å². The van der Waals surface area contributed by atoms with Gasteiger partial charge in [-0.2, -0.15) is 10.1 Å². The molecule has 124 valence electrons. The van der Waals surface area contributed by atoms with Gasteiger partial charge in [-0.05, 0) is 43.9 Å². The van der Waals surface area contributed by atoms with Gasteiger partial charge in [0, 0.05) is 31.2 Å². The number of anilines is 1. The zero-order chi connectivity index (χ0) is 16.5. The number of fused-ring (bicyclic) bond motifs is 1. The number of hydrogen-bond acceptors (Lipinski definition) is 5. The van der Waals surface area contributed by atoms with Crippen molar-refractivity contribution in [1.29, 1.82) is 0 Å². The summed E-state index contributed by atoms with van der Waals surface area (Å²) < 4.78 is 1.78. The van der Waals surface area contributed by atoms with Crippen LogP contribution < -0.4 is 5.32 Å². The van der Waals surface area contributed by atoms with Crippen LogP contribution in [0.25, 0.3) is 0 Å². The fourth-order valence-electron chi connectivity index (χ4n) is 3.49. The van der Waals surface area contributed by atoms with E-state index in [1.807, 2.05) is 24.0 Å². The number of allylic oxidation sites excluding steroid dienone is 1. The lowest BCUT2D eigenvalue weighted by molar-refractivity contribution is -0.128. The number of nitrogens with one attached hydrogen (secondary N) is 1.